The molecule has 41 heavy (non-hydrogen) atoms. The van der Waals surface area contributed by atoms with Crippen molar-refractivity contribution in [2.75, 3.05) is 19.5 Å². The zero-order valence-corrected chi connectivity index (χ0v) is 23.7. The van der Waals surface area contributed by atoms with Crippen LogP contribution >= 0.6 is 8.53 Å². The van der Waals surface area contributed by atoms with Gasteiger partial charge in [-0.05, 0) is 35.4 Å². The number of benzene rings is 2. The molecule has 210 valence electrons. The fourth-order valence-electron chi connectivity index (χ4n) is 3.99. The smallest absolute Gasteiger partial charge is 0.334 e. The lowest BCUT2D eigenvalue weighted by molar-refractivity contribution is -0.231. The molecule has 0 amide bonds. The van der Waals surface area contributed by atoms with E-state index in [2.05, 4.69) is 29.6 Å². The molecule has 0 aliphatic rings. The highest BCUT2D eigenvalue weighted by atomic mass is 32.2. The molecule has 0 saturated carbocycles. The lowest BCUT2D eigenvalue weighted by Crippen LogP contribution is -2.21. The van der Waals surface area contributed by atoms with Crippen molar-refractivity contribution in [1.82, 2.24) is 24.4 Å². The molecule has 0 radical (unpaired) electrons. The predicted molar refractivity (Wildman–Crippen MR) is 153 cm³/mol. The molecule has 0 fully saturated rings. The van der Waals surface area contributed by atoms with Crippen molar-refractivity contribution in [3.8, 4) is 22.5 Å². The van der Waals surface area contributed by atoms with Gasteiger partial charge in [0, 0.05) is 24.2 Å². The Bertz CT molecular complexity index is 1730. The van der Waals surface area contributed by atoms with E-state index in [1.165, 1.54) is 32.7 Å². The average molecular weight is 593 g/mol. The van der Waals surface area contributed by atoms with E-state index in [0.29, 0.717) is 23.4 Å². The van der Waals surface area contributed by atoms with Gasteiger partial charge in [0.15, 0.2) is 5.82 Å². The van der Waals surface area contributed by atoms with Gasteiger partial charge < -0.3 is 5.32 Å². The molecule has 3 heterocycles. The fourth-order valence-corrected chi connectivity index (χ4v) is 6.22. The van der Waals surface area contributed by atoms with Crippen LogP contribution in [0.1, 0.15) is 5.69 Å². The third kappa shape index (κ3) is 6.87. The van der Waals surface area contributed by atoms with E-state index in [9.17, 15) is 8.42 Å². The summed E-state index contributed by atoms with van der Waals surface area (Å²) in [7, 11) is -4.00. The Morgan fingerprint density at radius 3 is 2.37 bits per heavy atom. The Balaban J connectivity index is 1.58. The van der Waals surface area contributed by atoms with Crippen LogP contribution in [0.2, 0.25) is 0 Å². The molecule has 14 heteroatoms. The van der Waals surface area contributed by atoms with Gasteiger partial charge in [0.2, 0.25) is 10.0 Å². The zero-order chi connectivity index (χ0) is 28.7. The lowest BCUT2D eigenvalue weighted by atomic mass is 10.0. The number of sulfonamides is 1. The topological polar surface area (TPSA) is 147 Å². The molecular formula is C27H25N6O6PS. The number of pyridine rings is 2. The maximum Gasteiger partial charge on any atom is 0.334 e. The van der Waals surface area contributed by atoms with Crippen LogP contribution < -0.4 is 9.81 Å². The summed E-state index contributed by atoms with van der Waals surface area (Å²) in [5.74, 6) is 0.839. The normalized spacial score (nSPS) is 11.7. The van der Waals surface area contributed by atoms with Gasteiger partial charge in [-0.25, -0.2) is 28.2 Å². The number of hydrogen-bond acceptors (Lipinski definition) is 11. The number of rotatable bonds is 12. The Morgan fingerprint density at radius 1 is 0.854 bits per heavy atom. The van der Waals surface area contributed by atoms with E-state index in [1.54, 1.807) is 6.20 Å². The van der Waals surface area contributed by atoms with Crippen molar-refractivity contribution in [1.29, 1.82) is 0 Å². The van der Waals surface area contributed by atoms with E-state index in [1.807, 2.05) is 66.7 Å². The van der Waals surface area contributed by atoms with Gasteiger partial charge in [-0.2, -0.15) is 9.35 Å². The first-order valence-electron chi connectivity index (χ1n) is 12.2. The average Bonchev–Trinajstić information content (AvgIpc) is 3.00. The van der Waals surface area contributed by atoms with Crippen LogP contribution in [0.5, 0.6) is 0 Å². The quantitative estimate of drug-likeness (QED) is 0.114. The van der Waals surface area contributed by atoms with Crippen LogP contribution in [-0.2, 0) is 35.7 Å². The van der Waals surface area contributed by atoms with Gasteiger partial charge in [-0.15, -0.1) is 4.49 Å². The number of anilines is 1. The highest BCUT2D eigenvalue weighted by molar-refractivity contribution is 7.94. The molecule has 0 saturated heterocycles. The molecule has 0 atom stereocenters. The second-order valence-electron chi connectivity index (χ2n) is 8.38. The van der Waals surface area contributed by atoms with Crippen molar-refractivity contribution in [3.05, 3.63) is 97.1 Å². The minimum Gasteiger partial charge on any atom is -0.364 e. The molecule has 12 nitrogen and oxygen atoms in total. The molecular weight excluding hydrogens is 567 g/mol. The van der Waals surface area contributed by atoms with Crippen molar-refractivity contribution in [3.63, 3.8) is 0 Å². The van der Waals surface area contributed by atoms with E-state index in [4.69, 9.17) is 19.3 Å². The van der Waals surface area contributed by atoms with Crippen molar-refractivity contribution < 1.29 is 27.5 Å². The highest BCUT2D eigenvalue weighted by Crippen LogP contribution is 2.37. The Kier molecular flexibility index (Phi) is 9.17. The second kappa shape index (κ2) is 13.1. The number of nitrogens with zero attached hydrogens (tertiary/aromatic N) is 4. The van der Waals surface area contributed by atoms with Crippen molar-refractivity contribution >= 4 is 35.3 Å². The first kappa shape index (κ1) is 28.6. The van der Waals surface area contributed by atoms with Gasteiger partial charge in [0.05, 0.1) is 37.4 Å². The Hall–Kier alpha value is -3.94. The monoisotopic (exact) mass is 592 g/mol. The minimum atomic E-state index is -4.15. The minimum absolute atomic E-state index is 0.161. The van der Waals surface area contributed by atoms with Gasteiger partial charge in [-0.1, -0.05) is 48.5 Å². The molecule has 0 spiro atoms. The van der Waals surface area contributed by atoms with E-state index < -0.39 is 18.5 Å². The third-order valence-corrected chi connectivity index (χ3v) is 8.70. The van der Waals surface area contributed by atoms with Crippen LogP contribution in [0, 0.1) is 0 Å². The van der Waals surface area contributed by atoms with Crippen LogP contribution in [0.3, 0.4) is 0 Å². The standard InChI is InChI=1S/C27H25N6O6PS/c1-36-38-40(39-37-2)33-41(34,35)22-15-20(16-28-18-22)26-31-24-13-8-12-23(19-9-4-3-5-10-19)25(24)27(32-26)30-17-21-11-6-7-14-29-21/h3-16,18,33H,17H2,1-2H3,(H,30,31,32). The second-order valence-corrected chi connectivity index (χ2v) is 11.4. The van der Waals surface area contributed by atoms with E-state index in [0.717, 1.165) is 22.2 Å². The lowest BCUT2D eigenvalue weighted by Gasteiger charge is -2.15. The largest absolute Gasteiger partial charge is 0.364 e. The molecule has 5 rings (SSSR count). The van der Waals surface area contributed by atoms with Crippen LogP contribution in [0.25, 0.3) is 33.4 Å². The number of hydrogen-bond donors (Lipinski definition) is 2. The summed E-state index contributed by atoms with van der Waals surface area (Å²) in [6.07, 6.45) is 4.40. The first-order chi connectivity index (χ1) is 20.0. The summed E-state index contributed by atoms with van der Waals surface area (Å²) in [4.78, 5) is 27.0. The number of nitrogens with one attached hydrogen (secondary N) is 2. The number of aromatic nitrogens is 4. The molecule has 2 aromatic carbocycles. The maximum absolute atomic E-state index is 13.0. The van der Waals surface area contributed by atoms with E-state index >= 15 is 0 Å². The summed E-state index contributed by atoms with van der Waals surface area (Å²) in [5.41, 5.74) is 3.82. The van der Waals surface area contributed by atoms with Gasteiger partial charge in [0.1, 0.15) is 10.7 Å². The van der Waals surface area contributed by atoms with Gasteiger partial charge >= 0.3 is 8.53 Å². The third-order valence-electron chi connectivity index (χ3n) is 5.73. The van der Waals surface area contributed by atoms with Crippen molar-refractivity contribution in [2.24, 2.45) is 0 Å². The fraction of sp³-hybridized carbons (Fsp3) is 0.111. The van der Waals surface area contributed by atoms with Gasteiger partial charge in [-0.3, -0.25) is 9.97 Å². The van der Waals surface area contributed by atoms with Crippen LogP contribution in [0.4, 0.5) is 5.82 Å². The maximum atomic E-state index is 13.0. The predicted octanol–water partition coefficient (Wildman–Crippen LogP) is 5.03. The molecule has 2 N–H and O–H groups in total. The van der Waals surface area contributed by atoms with Gasteiger partial charge in [0.25, 0.3) is 0 Å². The van der Waals surface area contributed by atoms with Crippen LogP contribution in [0.15, 0.2) is 96.3 Å². The highest BCUT2D eigenvalue weighted by Gasteiger charge is 2.25. The van der Waals surface area contributed by atoms with Crippen molar-refractivity contribution in [2.45, 2.75) is 11.4 Å². The summed E-state index contributed by atoms with van der Waals surface area (Å²) < 4.78 is 37.9. The molecule has 5 aromatic rings. The summed E-state index contributed by atoms with van der Waals surface area (Å²) in [5, 5.41) is 4.22. The first-order valence-corrected chi connectivity index (χ1v) is 14.8. The molecule has 0 aliphatic heterocycles. The molecule has 0 aliphatic carbocycles. The summed E-state index contributed by atoms with van der Waals surface area (Å²) >= 11 is 0. The molecule has 0 bridgehead atoms. The zero-order valence-electron chi connectivity index (χ0n) is 22.0. The number of fused-ring (bicyclic) bond motifs is 1. The van der Waals surface area contributed by atoms with Crippen LogP contribution in [-0.4, -0.2) is 42.6 Å². The summed E-state index contributed by atoms with van der Waals surface area (Å²) in [6, 6.07) is 22.8. The Labute approximate surface area is 237 Å². The Morgan fingerprint density at radius 2 is 1.63 bits per heavy atom. The SMILES string of the molecule is COOP(NS(=O)(=O)c1cncc(-c2nc(NCc3ccccn3)c3c(-c4ccccc4)cccc3n2)c1)OOC. The molecule has 0 unspecified atom stereocenters. The van der Waals surface area contributed by atoms with E-state index in [-0.39, 0.29) is 10.7 Å². The summed E-state index contributed by atoms with van der Waals surface area (Å²) in [6.45, 7) is 0.411. The molecule has 3 aromatic heterocycles.